The van der Waals surface area contributed by atoms with E-state index in [2.05, 4.69) is 43.0 Å². The van der Waals surface area contributed by atoms with Crippen LogP contribution in [0.5, 0.6) is 5.75 Å². The molecule has 0 saturated heterocycles. The van der Waals surface area contributed by atoms with E-state index >= 15 is 4.39 Å². The normalized spacial score (nSPS) is 11.3. The van der Waals surface area contributed by atoms with E-state index in [0.29, 0.717) is 10.9 Å². The molecule has 0 radical (unpaired) electrons. The van der Waals surface area contributed by atoms with Crippen molar-refractivity contribution in [2.75, 3.05) is 6.61 Å². The number of benzene rings is 4. The van der Waals surface area contributed by atoms with Gasteiger partial charge in [-0.25, -0.2) is 4.39 Å². The first kappa shape index (κ1) is 26.3. The Balaban J connectivity index is 1.41. The van der Waals surface area contributed by atoms with Crippen LogP contribution in [0.2, 0.25) is 0 Å². The van der Waals surface area contributed by atoms with Gasteiger partial charge in [0.05, 0.1) is 5.56 Å². The smallest absolute Gasteiger partial charge is 0.422 e. The highest BCUT2D eigenvalue weighted by molar-refractivity contribution is 5.85. The van der Waals surface area contributed by atoms with Crippen LogP contribution in [0, 0.1) is 17.7 Å². The Kier molecular flexibility index (Phi) is 8.50. The lowest BCUT2D eigenvalue weighted by Crippen LogP contribution is -2.19. The summed E-state index contributed by atoms with van der Waals surface area (Å²) in [6, 6.07) is 24.0. The van der Waals surface area contributed by atoms with Crippen molar-refractivity contribution in [2.45, 2.75) is 45.2 Å². The highest BCUT2D eigenvalue weighted by Gasteiger charge is 2.28. The molecule has 4 rings (SSSR count). The fourth-order valence-electron chi connectivity index (χ4n) is 4.07. The number of rotatable bonds is 8. The van der Waals surface area contributed by atoms with Crippen LogP contribution >= 0.6 is 0 Å². The summed E-state index contributed by atoms with van der Waals surface area (Å²) >= 11 is 0. The third kappa shape index (κ3) is 7.60. The second-order valence-electron chi connectivity index (χ2n) is 9.08. The fourth-order valence-corrected chi connectivity index (χ4v) is 4.07. The summed E-state index contributed by atoms with van der Waals surface area (Å²) in [4.78, 5) is 0. The average molecular weight is 505 g/mol. The van der Waals surface area contributed by atoms with Crippen molar-refractivity contribution in [2.24, 2.45) is 0 Å². The third-order valence-corrected chi connectivity index (χ3v) is 6.16. The van der Waals surface area contributed by atoms with Gasteiger partial charge in [-0.15, -0.1) is 0 Å². The molecular formula is C32H28F4O. The van der Waals surface area contributed by atoms with E-state index in [1.54, 1.807) is 24.3 Å². The van der Waals surface area contributed by atoms with Gasteiger partial charge in [0.25, 0.3) is 0 Å². The van der Waals surface area contributed by atoms with Crippen LogP contribution in [0.1, 0.15) is 47.6 Å². The fraction of sp³-hybridized carbons (Fsp3) is 0.250. The van der Waals surface area contributed by atoms with Crippen LogP contribution in [0.3, 0.4) is 0 Å². The summed E-state index contributed by atoms with van der Waals surface area (Å²) < 4.78 is 56.6. The molecule has 0 fully saturated rings. The van der Waals surface area contributed by atoms with Crippen molar-refractivity contribution >= 4 is 10.8 Å². The molecule has 0 aliphatic heterocycles. The largest absolute Gasteiger partial charge is 0.484 e. The molecule has 0 atom stereocenters. The van der Waals surface area contributed by atoms with Gasteiger partial charge in [-0.1, -0.05) is 73.7 Å². The van der Waals surface area contributed by atoms with E-state index in [1.807, 2.05) is 18.2 Å². The predicted octanol–water partition coefficient (Wildman–Crippen LogP) is 8.45. The number of hydrogen-bond donors (Lipinski definition) is 0. The topological polar surface area (TPSA) is 9.23 Å². The van der Waals surface area contributed by atoms with Gasteiger partial charge in [-0.2, -0.15) is 13.2 Å². The molecule has 0 bridgehead atoms. The summed E-state index contributed by atoms with van der Waals surface area (Å²) in [5, 5.41) is 1.33. The van der Waals surface area contributed by atoms with Crippen LogP contribution < -0.4 is 4.74 Å². The van der Waals surface area contributed by atoms with Crippen molar-refractivity contribution in [3.8, 4) is 17.6 Å². The van der Waals surface area contributed by atoms with Crippen LogP contribution in [0.4, 0.5) is 17.6 Å². The van der Waals surface area contributed by atoms with E-state index < -0.39 is 12.8 Å². The molecule has 1 nitrogen and oxygen atoms in total. The minimum atomic E-state index is -4.40. The van der Waals surface area contributed by atoms with Gasteiger partial charge in [0.1, 0.15) is 11.6 Å². The van der Waals surface area contributed by atoms with Crippen molar-refractivity contribution in [3.63, 3.8) is 0 Å². The number of halogens is 4. The maximum Gasteiger partial charge on any atom is 0.422 e. The first-order valence-electron chi connectivity index (χ1n) is 12.4. The number of aryl methyl sites for hydroxylation is 3. The molecule has 0 aliphatic carbocycles. The Hall–Kier alpha value is -3.78. The molecule has 4 aromatic rings. The first-order chi connectivity index (χ1) is 17.8. The molecule has 0 unspecified atom stereocenters. The molecule has 0 N–H and O–H groups in total. The minimum absolute atomic E-state index is 0.0968. The van der Waals surface area contributed by atoms with Crippen LogP contribution in [-0.2, 0) is 19.3 Å². The maximum atomic E-state index is 15.1. The lowest BCUT2D eigenvalue weighted by atomic mass is 9.98. The molecule has 0 spiro atoms. The second-order valence-corrected chi connectivity index (χ2v) is 9.08. The highest BCUT2D eigenvalue weighted by Crippen LogP contribution is 2.24. The summed E-state index contributed by atoms with van der Waals surface area (Å²) in [5.41, 5.74) is 4.62. The molecule has 190 valence electrons. The molecule has 0 saturated carbocycles. The first-order valence-corrected chi connectivity index (χ1v) is 12.4. The number of ether oxygens (including phenoxy) is 1. The van der Waals surface area contributed by atoms with Gasteiger partial charge in [0.2, 0.25) is 0 Å². The molecular weight excluding hydrogens is 476 g/mol. The van der Waals surface area contributed by atoms with Gasteiger partial charge in [-0.05, 0) is 78.1 Å². The summed E-state index contributed by atoms with van der Waals surface area (Å²) in [6.07, 6.45) is 0.913. The minimum Gasteiger partial charge on any atom is -0.484 e. The lowest BCUT2D eigenvalue weighted by molar-refractivity contribution is -0.153. The zero-order chi connectivity index (χ0) is 26.3. The van der Waals surface area contributed by atoms with Crippen molar-refractivity contribution < 1.29 is 22.3 Å². The predicted molar refractivity (Wildman–Crippen MR) is 140 cm³/mol. The van der Waals surface area contributed by atoms with E-state index in [9.17, 15) is 13.2 Å². The van der Waals surface area contributed by atoms with Crippen LogP contribution in [0.15, 0.2) is 78.9 Å². The van der Waals surface area contributed by atoms with E-state index in [1.165, 1.54) is 36.1 Å². The summed E-state index contributed by atoms with van der Waals surface area (Å²) in [5.74, 6) is 5.40. The Bertz CT molecular complexity index is 1390. The van der Waals surface area contributed by atoms with Crippen LogP contribution in [0.25, 0.3) is 10.8 Å². The van der Waals surface area contributed by atoms with Crippen LogP contribution in [-0.4, -0.2) is 12.8 Å². The SMILES string of the molecule is CCCCc1ccc(CCc2ccc3c(F)c(C#Cc4ccc(OCC(F)(F)F)cc4)ccc3c2)cc1. The zero-order valence-electron chi connectivity index (χ0n) is 20.7. The molecule has 37 heavy (non-hydrogen) atoms. The van der Waals surface area contributed by atoms with Crippen molar-refractivity contribution in [3.05, 3.63) is 112 Å². The van der Waals surface area contributed by atoms with E-state index in [0.717, 1.165) is 30.2 Å². The monoisotopic (exact) mass is 504 g/mol. The molecule has 0 aliphatic rings. The number of alkyl halides is 3. The van der Waals surface area contributed by atoms with Gasteiger partial charge in [-0.3, -0.25) is 0 Å². The van der Waals surface area contributed by atoms with E-state index in [4.69, 9.17) is 4.74 Å². The molecule has 5 heteroatoms. The molecule has 0 amide bonds. The molecule has 0 heterocycles. The number of hydrogen-bond acceptors (Lipinski definition) is 1. The zero-order valence-corrected chi connectivity index (χ0v) is 20.7. The second kappa shape index (κ2) is 12.0. The highest BCUT2D eigenvalue weighted by atomic mass is 19.4. The van der Waals surface area contributed by atoms with E-state index in [-0.39, 0.29) is 17.1 Å². The summed E-state index contributed by atoms with van der Waals surface area (Å²) in [6.45, 7) is 0.845. The van der Waals surface area contributed by atoms with Gasteiger partial charge >= 0.3 is 6.18 Å². The standard InChI is InChI=1S/C32H28F4O/c1-2-3-4-23-5-7-24(8-6-23)9-10-26-14-20-30-28(21-26)17-16-27(31(30)33)15-11-25-12-18-29(19-13-25)37-22-32(34,35)36/h5-8,12-14,16-21H,2-4,9-10,22H2,1H3. The average Bonchev–Trinajstić information content (AvgIpc) is 2.90. The maximum absolute atomic E-state index is 15.1. The van der Waals surface area contributed by atoms with Gasteiger partial charge < -0.3 is 4.74 Å². The number of fused-ring (bicyclic) bond motifs is 1. The van der Waals surface area contributed by atoms with Crippen molar-refractivity contribution in [1.82, 2.24) is 0 Å². The van der Waals surface area contributed by atoms with Crippen molar-refractivity contribution in [1.29, 1.82) is 0 Å². The van der Waals surface area contributed by atoms with Gasteiger partial charge in [0.15, 0.2) is 6.61 Å². The number of unbranched alkanes of at least 4 members (excludes halogenated alkanes) is 1. The Morgan fingerprint density at radius 2 is 1.38 bits per heavy atom. The Morgan fingerprint density at radius 3 is 2.05 bits per heavy atom. The lowest BCUT2D eigenvalue weighted by Gasteiger charge is -2.08. The Labute approximate surface area is 215 Å². The molecule has 4 aromatic carbocycles. The quantitative estimate of drug-likeness (QED) is 0.173. The molecule has 0 aromatic heterocycles. The van der Waals surface area contributed by atoms with Gasteiger partial charge in [0, 0.05) is 10.9 Å². The Morgan fingerprint density at radius 1 is 0.730 bits per heavy atom. The summed E-state index contributed by atoms with van der Waals surface area (Å²) in [7, 11) is 0. The third-order valence-electron chi connectivity index (χ3n) is 6.16.